The van der Waals surface area contributed by atoms with Gasteiger partial charge in [0.05, 0.1) is 13.1 Å². The van der Waals surface area contributed by atoms with Crippen LogP contribution in [0.3, 0.4) is 0 Å². The summed E-state index contributed by atoms with van der Waals surface area (Å²) in [7, 11) is 0. The van der Waals surface area contributed by atoms with E-state index in [4.69, 9.17) is 0 Å². The molecule has 4 aromatic rings. The number of imidazole rings is 2. The van der Waals surface area contributed by atoms with Gasteiger partial charge in [0.1, 0.15) is 11.6 Å². The molecule has 0 radical (unpaired) electrons. The average molecular weight is 595 g/mol. The molecule has 6 rings (SSSR count). The molecule has 4 heterocycles. The summed E-state index contributed by atoms with van der Waals surface area (Å²) < 4.78 is 0. The van der Waals surface area contributed by atoms with Crippen LogP contribution in [-0.2, 0) is 26.2 Å². The molecule has 44 heavy (non-hydrogen) atoms. The SMILES string of the molecule is CCN(CC)c1ccc(CN2CCC3(CCN(Cc4ccc(C(=O)N(Cc5ncc[nH]5)Cc5ncc[nH]5)cc4)CC3)C2)cc1. The fourth-order valence-corrected chi connectivity index (χ4v) is 6.94. The van der Waals surface area contributed by atoms with E-state index in [1.165, 1.54) is 49.2 Å². The summed E-state index contributed by atoms with van der Waals surface area (Å²) in [4.78, 5) is 37.7. The lowest BCUT2D eigenvalue weighted by Crippen LogP contribution is -2.41. The van der Waals surface area contributed by atoms with Gasteiger partial charge in [0.2, 0.25) is 0 Å². The normalized spacial score (nSPS) is 16.9. The van der Waals surface area contributed by atoms with Crippen molar-refractivity contribution in [3.63, 3.8) is 0 Å². The Bertz CT molecular complexity index is 1400. The average Bonchev–Trinajstić information content (AvgIpc) is 3.84. The standard InChI is InChI=1S/C35H46N8O/c1-3-42(4-2)31-11-7-29(8-12-31)24-41-22-15-35(27-41)13-20-40(21-14-35)23-28-5-9-30(10-6-28)34(44)43(25-32-36-16-17-37-32)26-33-38-18-19-39-33/h5-12,16-19H,3-4,13-15,20-27H2,1-2H3,(H,36,37)(H,38,39). The molecular weight excluding hydrogens is 548 g/mol. The number of carbonyl (C=O) groups is 1. The molecule has 0 aliphatic carbocycles. The molecule has 2 N–H and O–H groups in total. The van der Waals surface area contributed by atoms with E-state index >= 15 is 0 Å². The van der Waals surface area contributed by atoms with E-state index in [0.717, 1.165) is 50.9 Å². The Morgan fingerprint density at radius 1 is 0.773 bits per heavy atom. The number of hydrogen-bond donors (Lipinski definition) is 2. The molecule has 2 aromatic carbocycles. The van der Waals surface area contributed by atoms with Gasteiger partial charge in [-0.05, 0) is 93.6 Å². The number of anilines is 1. The maximum atomic E-state index is 13.5. The fourth-order valence-electron chi connectivity index (χ4n) is 6.94. The summed E-state index contributed by atoms with van der Waals surface area (Å²) in [6, 6.07) is 17.3. The summed E-state index contributed by atoms with van der Waals surface area (Å²) in [6.07, 6.45) is 10.8. The number of nitrogens with one attached hydrogen (secondary N) is 2. The van der Waals surface area contributed by atoms with Crippen molar-refractivity contribution >= 4 is 11.6 Å². The van der Waals surface area contributed by atoms with E-state index in [1.54, 1.807) is 29.7 Å². The molecule has 2 saturated heterocycles. The molecular formula is C35H46N8O. The zero-order valence-corrected chi connectivity index (χ0v) is 26.2. The van der Waals surface area contributed by atoms with Crippen LogP contribution in [0.25, 0.3) is 0 Å². The van der Waals surface area contributed by atoms with Crippen LogP contribution in [0.2, 0.25) is 0 Å². The minimum atomic E-state index is -0.0325. The maximum absolute atomic E-state index is 13.5. The molecule has 2 aromatic heterocycles. The zero-order valence-electron chi connectivity index (χ0n) is 26.2. The third-order valence-corrected chi connectivity index (χ3v) is 9.59. The summed E-state index contributed by atoms with van der Waals surface area (Å²) >= 11 is 0. The molecule has 2 aliphatic rings. The first-order valence-corrected chi connectivity index (χ1v) is 16.2. The molecule has 9 heteroatoms. The van der Waals surface area contributed by atoms with Gasteiger partial charge in [0, 0.05) is 68.8 Å². The highest BCUT2D eigenvalue weighted by atomic mass is 16.2. The second kappa shape index (κ2) is 13.8. The van der Waals surface area contributed by atoms with Crippen LogP contribution in [0.4, 0.5) is 5.69 Å². The topological polar surface area (TPSA) is 87.4 Å². The number of aromatic nitrogens is 4. The van der Waals surface area contributed by atoms with Crippen LogP contribution in [-0.4, -0.2) is 79.8 Å². The van der Waals surface area contributed by atoms with Gasteiger partial charge in [-0.25, -0.2) is 9.97 Å². The number of amides is 1. The van der Waals surface area contributed by atoms with E-state index in [0.29, 0.717) is 24.1 Å². The quantitative estimate of drug-likeness (QED) is 0.231. The Balaban J connectivity index is 0.991. The number of likely N-dealkylation sites (tertiary alicyclic amines) is 2. The van der Waals surface area contributed by atoms with Crippen molar-refractivity contribution in [1.29, 1.82) is 0 Å². The molecule has 0 bridgehead atoms. The van der Waals surface area contributed by atoms with Crippen molar-refractivity contribution in [2.45, 2.75) is 59.3 Å². The van der Waals surface area contributed by atoms with Gasteiger partial charge in [-0.1, -0.05) is 24.3 Å². The highest BCUT2D eigenvalue weighted by Gasteiger charge is 2.40. The molecule has 2 aliphatic heterocycles. The molecule has 2 fully saturated rings. The Labute approximate surface area is 261 Å². The van der Waals surface area contributed by atoms with Gasteiger partial charge >= 0.3 is 0 Å². The number of hydrogen-bond acceptors (Lipinski definition) is 6. The van der Waals surface area contributed by atoms with Crippen LogP contribution in [0.1, 0.15) is 66.2 Å². The van der Waals surface area contributed by atoms with Gasteiger partial charge in [-0.2, -0.15) is 0 Å². The van der Waals surface area contributed by atoms with Crippen LogP contribution in [0.5, 0.6) is 0 Å². The highest BCUT2D eigenvalue weighted by Crippen LogP contribution is 2.41. The number of nitrogens with zero attached hydrogens (tertiary/aromatic N) is 6. The van der Waals surface area contributed by atoms with E-state index in [9.17, 15) is 4.79 Å². The molecule has 1 amide bonds. The number of carbonyl (C=O) groups excluding carboxylic acids is 1. The first-order chi connectivity index (χ1) is 21.5. The van der Waals surface area contributed by atoms with Gasteiger partial charge in [0.15, 0.2) is 0 Å². The van der Waals surface area contributed by atoms with E-state index in [-0.39, 0.29) is 5.91 Å². The van der Waals surface area contributed by atoms with Crippen molar-refractivity contribution in [2.75, 3.05) is 44.2 Å². The largest absolute Gasteiger partial charge is 0.372 e. The van der Waals surface area contributed by atoms with Gasteiger partial charge in [-0.3, -0.25) is 14.6 Å². The molecule has 1 spiro atoms. The first kappa shape index (κ1) is 30.1. The minimum Gasteiger partial charge on any atom is -0.372 e. The van der Waals surface area contributed by atoms with Gasteiger partial charge < -0.3 is 19.8 Å². The summed E-state index contributed by atoms with van der Waals surface area (Å²) in [5.41, 5.74) is 5.13. The number of aromatic amines is 2. The molecule has 232 valence electrons. The predicted octanol–water partition coefficient (Wildman–Crippen LogP) is 5.31. The third kappa shape index (κ3) is 7.22. The lowest BCUT2D eigenvalue weighted by Gasteiger charge is -2.39. The second-order valence-corrected chi connectivity index (χ2v) is 12.5. The smallest absolute Gasteiger partial charge is 0.254 e. The monoisotopic (exact) mass is 594 g/mol. The highest BCUT2D eigenvalue weighted by molar-refractivity contribution is 5.94. The van der Waals surface area contributed by atoms with E-state index in [1.807, 2.05) is 12.1 Å². The second-order valence-electron chi connectivity index (χ2n) is 12.5. The van der Waals surface area contributed by atoms with Crippen molar-refractivity contribution < 1.29 is 4.79 Å². The third-order valence-electron chi connectivity index (χ3n) is 9.59. The maximum Gasteiger partial charge on any atom is 0.254 e. The number of rotatable bonds is 12. The summed E-state index contributed by atoms with van der Waals surface area (Å²) in [5, 5.41) is 0. The lowest BCUT2D eigenvalue weighted by molar-refractivity contribution is 0.0721. The number of H-pyrrole nitrogens is 2. The minimum absolute atomic E-state index is 0.0325. The van der Waals surface area contributed by atoms with E-state index < -0.39 is 0 Å². The summed E-state index contributed by atoms with van der Waals surface area (Å²) in [5.74, 6) is 1.47. The van der Waals surface area contributed by atoms with Gasteiger partial charge in [0.25, 0.3) is 5.91 Å². The summed E-state index contributed by atoms with van der Waals surface area (Å²) in [6.45, 7) is 14.0. The Morgan fingerprint density at radius 3 is 1.82 bits per heavy atom. The fraction of sp³-hybridized carbons (Fsp3) is 0.457. The van der Waals surface area contributed by atoms with Crippen molar-refractivity contribution in [1.82, 2.24) is 34.6 Å². The Kier molecular flexibility index (Phi) is 9.43. The van der Waals surface area contributed by atoms with Gasteiger partial charge in [-0.15, -0.1) is 0 Å². The van der Waals surface area contributed by atoms with Crippen LogP contribution < -0.4 is 4.90 Å². The first-order valence-electron chi connectivity index (χ1n) is 16.2. The van der Waals surface area contributed by atoms with Crippen molar-refractivity contribution in [2.24, 2.45) is 5.41 Å². The zero-order chi connectivity index (χ0) is 30.4. The van der Waals surface area contributed by atoms with Crippen molar-refractivity contribution in [3.05, 3.63) is 102 Å². The number of benzene rings is 2. The molecule has 0 unspecified atom stereocenters. The van der Waals surface area contributed by atoms with E-state index in [2.05, 4.69) is 84.9 Å². The Hall–Kier alpha value is -3.95. The predicted molar refractivity (Wildman–Crippen MR) is 174 cm³/mol. The van der Waals surface area contributed by atoms with Crippen LogP contribution in [0.15, 0.2) is 73.3 Å². The number of piperidine rings is 1. The van der Waals surface area contributed by atoms with Crippen molar-refractivity contribution in [3.8, 4) is 0 Å². The molecule has 0 atom stereocenters. The molecule has 9 nitrogen and oxygen atoms in total. The van der Waals surface area contributed by atoms with Crippen LogP contribution >= 0.6 is 0 Å². The Morgan fingerprint density at radius 2 is 1.30 bits per heavy atom. The lowest BCUT2D eigenvalue weighted by atomic mass is 9.77. The van der Waals surface area contributed by atoms with Crippen LogP contribution in [0, 0.1) is 5.41 Å². The molecule has 0 saturated carbocycles.